The molecule has 0 N–H and O–H groups in total. The van der Waals surface area contributed by atoms with Gasteiger partial charge < -0.3 is 9.15 Å². The van der Waals surface area contributed by atoms with Crippen molar-refractivity contribution in [1.82, 2.24) is 0 Å². The van der Waals surface area contributed by atoms with E-state index >= 15 is 0 Å². The second-order valence-corrected chi connectivity index (χ2v) is 5.48. The molecule has 0 bridgehead atoms. The number of benzene rings is 2. The number of hydrogen-bond donors (Lipinski definition) is 0. The lowest BCUT2D eigenvalue weighted by atomic mass is 10.0. The van der Waals surface area contributed by atoms with Crippen LogP contribution in [0.5, 0.6) is 0 Å². The van der Waals surface area contributed by atoms with E-state index in [4.69, 9.17) is 20.8 Å². The molecule has 2 aromatic carbocycles. The molecule has 0 unspecified atom stereocenters. The molecule has 0 fully saturated rings. The number of carbonyl (C=O) groups excluding carboxylic acids is 1. The average molecular weight is 299 g/mol. The topological polar surface area (TPSA) is 39.4 Å². The molecule has 4 rings (SSSR count). The molecule has 0 radical (unpaired) electrons. The third-order valence-electron chi connectivity index (χ3n) is 3.70. The second-order valence-electron chi connectivity index (χ2n) is 5.07. The summed E-state index contributed by atoms with van der Waals surface area (Å²) < 4.78 is 11.0. The van der Waals surface area contributed by atoms with Gasteiger partial charge in [-0.25, -0.2) is 0 Å². The van der Waals surface area contributed by atoms with Crippen molar-refractivity contribution in [1.29, 1.82) is 0 Å². The first-order valence-electron chi connectivity index (χ1n) is 6.65. The summed E-state index contributed by atoms with van der Waals surface area (Å²) >= 11 is 6.08. The Morgan fingerprint density at radius 2 is 1.90 bits per heavy atom. The van der Waals surface area contributed by atoms with E-state index in [2.05, 4.69) is 0 Å². The maximum atomic E-state index is 12.5. The standard InChI is InChI=1S/C17H11ClO3/c18-14-3-1-2-11-7-15(21-17(11)14)16(19)10-4-5-12-8-20-9-13(12)6-10/h1-7H,8-9H2. The van der Waals surface area contributed by atoms with E-state index in [0.29, 0.717) is 35.1 Å². The zero-order chi connectivity index (χ0) is 14.4. The zero-order valence-electron chi connectivity index (χ0n) is 11.1. The molecule has 2 heterocycles. The summed E-state index contributed by atoms with van der Waals surface area (Å²) in [6, 6.07) is 12.8. The van der Waals surface area contributed by atoms with E-state index in [1.807, 2.05) is 30.3 Å². The lowest BCUT2D eigenvalue weighted by Gasteiger charge is -2.01. The Hall–Kier alpha value is -2.10. The molecule has 0 saturated carbocycles. The Balaban J connectivity index is 1.77. The Bertz CT molecular complexity index is 864. The molecule has 1 aliphatic heterocycles. The summed E-state index contributed by atoms with van der Waals surface area (Å²) in [6.45, 7) is 1.17. The molecule has 1 aromatic heterocycles. The van der Waals surface area contributed by atoms with Crippen LogP contribution in [0.15, 0.2) is 46.9 Å². The van der Waals surface area contributed by atoms with Crippen LogP contribution in [-0.2, 0) is 18.0 Å². The van der Waals surface area contributed by atoms with Gasteiger partial charge in [0.1, 0.15) is 0 Å². The van der Waals surface area contributed by atoms with Gasteiger partial charge in [-0.1, -0.05) is 35.9 Å². The van der Waals surface area contributed by atoms with Crippen LogP contribution in [0, 0.1) is 0 Å². The first-order chi connectivity index (χ1) is 10.2. The molecule has 104 valence electrons. The summed E-state index contributed by atoms with van der Waals surface area (Å²) in [4.78, 5) is 12.5. The highest BCUT2D eigenvalue weighted by molar-refractivity contribution is 6.35. The third kappa shape index (κ3) is 2.06. The normalized spacial score (nSPS) is 13.6. The highest BCUT2D eigenvalue weighted by Crippen LogP contribution is 2.28. The SMILES string of the molecule is O=C(c1ccc2c(c1)COC2)c1cc2cccc(Cl)c2o1. The fourth-order valence-electron chi connectivity index (χ4n) is 2.59. The molecule has 0 amide bonds. The maximum absolute atomic E-state index is 12.5. The van der Waals surface area contributed by atoms with Crippen molar-refractivity contribution in [2.75, 3.05) is 0 Å². The van der Waals surface area contributed by atoms with Gasteiger partial charge in [-0.3, -0.25) is 4.79 Å². The van der Waals surface area contributed by atoms with Crippen molar-refractivity contribution >= 4 is 28.4 Å². The lowest BCUT2D eigenvalue weighted by molar-refractivity contribution is 0.101. The predicted octanol–water partition coefficient (Wildman–Crippen LogP) is 4.35. The molecule has 1 aliphatic rings. The van der Waals surface area contributed by atoms with Crippen molar-refractivity contribution in [3.8, 4) is 0 Å². The summed E-state index contributed by atoms with van der Waals surface area (Å²) in [5.41, 5.74) is 3.36. The van der Waals surface area contributed by atoms with Gasteiger partial charge in [0.05, 0.1) is 18.2 Å². The van der Waals surface area contributed by atoms with E-state index < -0.39 is 0 Å². The van der Waals surface area contributed by atoms with Gasteiger partial charge >= 0.3 is 0 Å². The lowest BCUT2D eigenvalue weighted by Crippen LogP contribution is -2.00. The van der Waals surface area contributed by atoms with Gasteiger partial charge in [0.25, 0.3) is 0 Å². The van der Waals surface area contributed by atoms with Crippen LogP contribution in [0.1, 0.15) is 27.2 Å². The van der Waals surface area contributed by atoms with Crippen LogP contribution in [0.4, 0.5) is 0 Å². The van der Waals surface area contributed by atoms with Gasteiger partial charge in [0.2, 0.25) is 5.78 Å². The van der Waals surface area contributed by atoms with E-state index in [1.165, 1.54) is 0 Å². The molecule has 3 aromatic rings. The average Bonchev–Trinajstić information content (AvgIpc) is 3.12. The van der Waals surface area contributed by atoms with Crippen LogP contribution >= 0.6 is 11.6 Å². The van der Waals surface area contributed by atoms with Crippen molar-refractivity contribution < 1.29 is 13.9 Å². The zero-order valence-corrected chi connectivity index (χ0v) is 11.8. The van der Waals surface area contributed by atoms with Gasteiger partial charge in [-0.15, -0.1) is 0 Å². The number of rotatable bonds is 2. The number of halogens is 1. The monoisotopic (exact) mass is 298 g/mol. The van der Waals surface area contributed by atoms with E-state index in [-0.39, 0.29) is 5.78 Å². The fraction of sp³-hybridized carbons (Fsp3) is 0.118. The minimum absolute atomic E-state index is 0.142. The van der Waals surface area contributed by atoms with Crippen LogP contribution in [0.2, 0.25) is 5.02 Å². The van der Waals surface area contributed by atoms with Gasteiger partial charge in [0.15, 0.2) is 11.3 Å². The summed E-state index contributed by atoms with van der Waals surface area (Å²) in [7, 11) is 0. The number of fused-ring (bicyclic) bond motifs is 2. The van der Waals surface area contributed by atoms with E-state index in [0.717, 1.165) is 16.5 Å². The van der Waals surface area contributed by atoms with Gasteiger partial charge in [-0.2, -0.15) is 0 Å². The second kappa shape index (κ2) is 4.72. The molecule has 0 spiro atoms. The molecule has 21 heavy (non-hydrogen) atoms. The Morgan fingerprint density at radius 1 is 1.05 bits per heavy atom. The molecule has 0 aliphatic carbocycles. The minimum Gasteiger partial charge on any atom is -0.451 e. The van der Waals surface area contributed by atoms with Crippen LogP contribution in [0.3, 0.4) is 0 Å². The van der Waals surface area contributed by atoms with Gasteiger partial charge in [-0.05, 0) is 29.3 Å². The fourth-order valence-corrected chi connectivity index (χ4v) is 2.82. The summed E-state index contributed by atoms with van der Waals surface area (Å²) in [5, 5.41) is 1.34. The first-order valence-corrected chi connectivity index (χ1v) is 7.02. The van der Waals surface area contributed by atoms with Crippen molar-refractivity contribution in [2.45, 2.75) is 13.2 Å². The highest BCUT2D eigenvalue weighted by Gasteiger charge is 2.19. The minimum atomic E-state index is -0.142. The molecule has 4 heteroatoms. The number of ether oxygens (including phenoxy) is 1. The molecular formula is C17H11ClO3. The molecule has 0 atom stereocenters. The third-order valence-corrected chi connectivity index (χ3v) is 4.00. The molecular weight excluding hydrogens is 288 g/mol. The van der Waals surface area contributed by atoms with Crippen LogP contribution in [0.25, 0.3) is 11.0 Å². The number of furan rings is 1. The Morgan fingerprint density at radius 3 is 2.76 bits per heavy atom. The van der Waals surface area contributed by atoms with Gasteiger partial charge in [0, 0.05) is 10.9 Å². The maximum Gasteiger partial charge on any atom is 0.228 e. The molecule has 3 nitrogen and oxygen atoms in total. The smallest absolute Gasteiger partial charge is 0.228 e. The van der Waals surface area contributed by atoms with E-state index in [1.54, 1.807) is 12.1 Å². The number of carbonyl (C=O) groups is 1. The Labute approximate surface area is 126 Å². The number of para-hydroxylation sites is 1. The van der Waals surface area contributed by atoms with Crippen LogP contribution < -0.4 is 0 Å². The van der Waals surface area contributed by atoms with Crippen LogP contribution in [-0.4, -0.2) is 5.78 Å². The molecule has 0 saturated heterocycles. The summed E-state index contributed by atoms with van der Waals surface area (Å²) in [5.74, 6) is 0.161. The largest absolute Gasteiger partial charge is 0.451 e. The number of hydrogen-bond acceptors (Lipinski definition) is 3. The van der Waals surface area contributed by atoms with Crippen molar-refractivity contribution in [3.05, 3.63) is 69.9 Å². The van der Waals surface area contributed by atoms with Crippen molar-refractivity contribution in [3.63, 3.8) is 0 Å². The number of ketones is 1. The van der Waals surface area contributed by atoms with Crippen molar-refractivity contribution in [2.24, 2.45) is 0 Å². The first kappa shape index (κ1) is 12.6. The summed E-state index contributed by atoms with van der Waals surface area (Å²) in [6.07, 6.45) is 0. The van der Waals surface area contributed by atoms with E-state index in [9.17, 15) is 4.79 Å². The Kier molecular flexibility index (Phi) is 2.84. The highest BCUT2D eigenvalue weighted by atomic mass is 35.5. The quantitative estimate of drug-likeness (QED) is 0.660. The predicted molar refractivity (Wildman–Crippen MR) is 79.6 cm³/mol.